The number of anilines is 2. The number of nitrogens with one attached hydrogen (secondary N) is 2. The molecule has 0 aliphatic rings. The molecule has 132 valence electrons. The molecule has 0 atom stereocenters. The molecule has 3 aromatic rings. The van der Waals surface area contributed by atoms with Gasteiger partial charge in [0.05, 0.1) is 0 Å². The van der Waals surface area contributed by atoms with Gasteiger partial charge in [0.25, 0.3) is 5.91 Å². The molecule has 0 aliphatic heterocycles. The fourth-order valence-electron chi connectivity index (χ4n) is 2.52. The molecular weight excluding hydrogens is 348 g/mol. The lowest BCUT2D eigenvalue weighted by Crippen LogP contribution is -2.18. The molecule has 2 aromatic heterocycles. The lowest BCUT2D eigenvalue weighted by Gasteiger charge is -2.14. The Labute approximate surface area is 155 Å². The number of rotatable bonds is 6. The summed E-state index contributed by atoms with van der Waals surface area (Å²) in [6.07, 6.45) is 2.46. The Morgan fingerprint density at radius 1 is 1.27 bits per heavy atom. The van der Waals surface area contributed by atoms with E-state index in [-0.39, 0.29) is 0 Å². The van der Waals surface area contributed by atoms with E-state index < -0.39 is 5.91 Å². The van der Waals surface area contributed by atoms with Gasteiger partial charge < -0.3 is 5.32 Å². The third kappa shape index (κ3) is 3.79. The lowest BCUT2D eigenvalue weighted by atomic mass is 10.1. The number of benzene rings is 1. The smallest absolute Gasteiger partial charge is 0.274 e. The maximum Gasteiger partial charge on any atom is 0.274 e. The van der Waals surface area contributed by atoms with E-state index in [1.807, 2.05) is 29.8 Å². The van der Waals surface area contributed by atoms with Crippen LogP contribution >= 0.6 is 11.3 Å². The van der Waals surface area contributed by atoms with Crippen LogP contribution in [0.15, 0.2) is 53.7 Å². The molecule has 0 aliphatic carbocycles. The van der Waals surface area contributed by atoms with Crippen molar-refractivity contribution in [3.8, 4) is 11.4 Å². The van der Waals surface area contributed by atoms with Gasteiger partial charge in [0.15, 0.2) is 5.82 Å². The number of hydroxylamine groups is 1. The SMILES string of the molecule is C=CCc1c(C)nc(-c2ccsc2)nc1Nc1ccc(C(=O)NO)cc1. The Bertz CT molecular complexity index is 921. The molecule has 0 bridgehead atoms. The van der Waals surface area contributed by atoms with Crippen LogP contribution in [-0.4, -0.2) is 21.1 Å². The zero-order valence-corrected chi connectivity index (χ0v) is 15.0. The average molecular weight is 366 g/mol. The number of amides is 1. The summed E-state index contributed by atoms with van der Waals surface area (Å²) in [4.78, 5) is 20.7. The van der Waals surface area contributed by atoms with Crippen molar-refractivity contribution >= 4 is 28.7 Å². The average Bonchev–Trinajstić information content (AvgIpc) is 3.19. The fraction of sp³-hybridized carbons (Fsp3) is 0.105. The number of carbonyl (C=O) groups excluding carboxylic acids is 1. The molecule has 0 saturated heterocycles. The van der Waals surface area contributed by atoms with Crippen LogP contribution in [0, 0.1) is 6.92 Å². The number of hydrogen-bond donors (Lipinski definition) is 3. The predicted molar refractivity (Wildman–Crippen MR) is 103 cm³/mol. The summed E-state index contributed by atoms with van der Waals surface area (Å²) in [5, 5.41) is 16.0. The third-order valence-corrected chi connectivity index (χ3v) is 4.54. The normalized spacial score (nSPS) is 10.4. The van der Waals surface area contributed by atoms with E-state index >= 15 is 0 Å². The minimum absolute atomic E-state index is 0.363. The number of carbonyl (C=O) groups is 1. The van der Waals surface area contributed by atoms with Gasteiger partial charge in [0, 0.05) is 33.5 Å². The van der Waals surface area contributed by atoms with Crippen LogP contribution in [0.5, 0.6) is 0 Å². The van der Waals surface area contributed by atoms with Crippen LogP contribution in [0.25, 0.3) is 11.4 Å². The highest BCUT2D eigenvalue weighted by molar-refractivity contribution is 7.08. The second-order valence-corrected chi connectivity index (χ2v) is 6.39. The first-order valence-electron chi connectivity index (χ1n) is 7.95. The topological polar surface area (TPSA) is 87.1 Å². The van der Waals surface area contributed by atoms with Gasteiger partial charge in [-0.25, -0.2) is 15.4 Å². The van der Waals surface area contributed by atoms with E-state index in [1.165, 1.54) is 0 Å². The highest BCUT2D eigenvalue weighted by atomic mass is 32.1. The molecule has 7 heteroatoms. The molecule has 1 aromatic carbocycles. The van der Waals surface area contributed by atoms with Gasteiger partial charge in [0.1, 0.15) is 5.82 Å². The van der Waals surface area contributed by atoms with Gasteiger partial charge in [-0.05, 0) is 49.1 Å². The van der Waals surface area contributed by atoms with E-state index in [4.69, 9.17) is 5.21 Å². The summed E-state index contributed by atoms with van der Waals surface area (Å²) in [5.41, 5.74) is 5.59. The second kappa shape index (κ2) is 7.90. The van der Waals surface area contributed by atoms with Crippen LogP contribution in [0.4, 0.5) is 11.5 Å². The minimum atomic E-state index is -0.554. The van der Waals surface area contributed by atoms with E-state index in [0.29, 0.717) is 23.6 Å². The van der Waals surface area contributed by atoms with Crippen LogP contribution in [-0.2, 0) is 6.42 Å². The van der Waals surface area contributed by atoms with E-state index in [2.05, 4.69) is 21.9 Å². The number of aryl methyl sites for hydroxylation is 1. The van der Waals surface area contributed by atoms with Crippen molar-refractivity contribution < 1.29 is 10.0 Å². The van der Waals surface area contributed by atoms with E-state index in [0.717, 1.165) is 22.5 Å². The van der Waals surface area contributed by atoms with Gasteiger partial charge >= 0.3 is 0 Å². The van der Waals surface area contributed by atoms with Crippen molar-refractivity contribution in [3.05, 3.63) is 70.6 Å². The van der Waals surface area contributed by atoms with Crippen molar-refractivity contribution in [1.29, 1.82) is 0 Å². The standard InChI is InChI=1S/C19H18N4O2S/c1-3-4-16-12(2)20-17(14-9-10-26-11-14)22-18(16)21-15-7-5-13(6-8-15)19(24)23-25/h3,5-11,25H,1,4H2,2H3,(H,23,24)(H,20,21,22). The van der Waals surface area contributed by atoms with Gasteiger partial charge in [-0.1, -0.05) is 6.08 Å². The molecule has 3 N–H and O–H groups in total. The van der Waals surface area contributed by atoms with Crippen molar-refractivity contribution in [3.63, 3.8) is 0 Å². The van der Waals surface area contributed by atoms with Gasteiger partial charge in [-0.2, -0.15) is 11.3 Å². The molecular formula is C19H18N4O2S. The molecule has 0 saturated carbocycles. The minimum Gasteiger partial charge on any atom is -0.340 e. The van der Waals surface area contributed by atoms with Gasteiger partial charge in [-0.15, -0.1) is 6.58 Å². The Morgan fingerprint density at radius 3 is 2.65 bits per heavy atom. The first-order valence-corrected chi connectivity index (χ1v) is 8.89. The van der Waals surface area contributed by atoms with Gasteiger partial charge in [0.2, 0.25) is 0 Å². The zero-order valence-electron chi connectivity index (χ0n) is 14.2. The monoisotopic (exact) mass is 366 g/mol. The van der Waals surface area contributed by atoms with Crippen molar-refractivity contribution in [1.82, 2.24) is 15.4 Å². The highest BCUT2D eigenvalue weighted by Crippen LogP contribution is 2.27. The summed E-state index contributed by atoms with van der Waals surface area (Å²) >= 11 is 1.60. The molecule has 6 nitrogen and oxygen atoms in total. The number of hydrogen-bond acceptors (Lipinski definition) is 6. The van der Waals surface area contributed by atoms with E-state index in [1.54, 1.807) is 41.1 Å². The van der Waals surface area contributed by atoms with Crippen LogP contribution in [0.1, 0.15) is 21.6 Å². The third-order valence-electron chi connectivity index (χ3n) is 3.85. The summed E-state index contributed by atoms with van der Waals surface area (Å²) < 4.78 is 0. The molecule has 0 fully saturated rings. The molecule has 0 radical (unpaired) electrons. The molecule has 1 amide bonds. The van der Waals surface area contributed by atoms with Gasteiger partial charge in [-0.3, -0.25) is 10.0 Å². The number of nitrogens with zero attached hydrogens (tertiary/aromatic N) is 2. The molecule has 2 heterocycles. The Morgan fingerprint density at radius 2 is 2.04 bits per heavy atom. The predicted octanol–water partition coefficient (Wildman–Crippen LogP) is 4.10. The Hall–Kier alpha value is -3.03. The largest absolute Gasteiger partial charge is 0.340 e. The van der Waals surface area contributed by atoms with Crippen LogP contribution < -0.4 is 10.8 Å². The maximum absolute atomic E-state index is 11.4. The van der Waals surface area contributed by atoms with Crippen molar-refractivity contribution in [2.45, 2.75) is 13.3 Å². The fourth-order valence-corrected chi connectivity index (χ4v) is 3.15. The number of aromatic nitrogens is 2. The molecule has 0 spiro atoms. The second-order valence-electron chi connectivity index (χ2n) is 5.61. The number of allylic oxidation sites excluding steroid dienone is 1. The first-order chi connectivity index (χ1) is 12.6. The highest BCUT2D eigenvalue weighted by Gasteiger charge is 2.13. The molecule has 26 heavy (non-hydrogen) atoms. The summed E-state index contributed by atoms with van der Waals surface area (Å²) in [6.45, 7) is 5.76. The Kier molecular flexibility index (Phi) is 5.40. The van der Waals surface area contributed by atoms with Crippen LogP contribution in [0.3, 0.4) is 0 Å². The first kappa shape index (κ1) is 17.8. The summed E-state index contributed by atoms with van der Waals surface area (Å²) in [6, 6.07) is 8.73. The van der Waals surface area contributed by atoms with Crippen molar-refractivity contribution in [2.24, 2.45) is 0 Å². The molecule has 3 rings (SSSR count). The lowest BCUT2D eigenvalue weighted by molar-refractivity contribution is 0.0706. The summed E-state index contributed by atoms with van der Waals surface area (Å²) in [5.74, 6) is 0.815. The Balaban J connectivity index is 1.96. The zero-order chi connectivity index (χ0) is 18.5. The number of thiophene rings is 1. The summed E-state index contributed by atoms with van der Waals surface area (Å²) in [7, 11) is 0. The molecule has 0 unspecified atom stereocenters. The van der Waals surface area contributed by atoms with E-state index in [9.17, 15) is 4.79 Å². The maximum atomic E-state index is 11.4. The van der Waals surface area contributed by atoms with Crippen LogP contribution in [0.2, 0.25) is 0 Å². The van der Waals surface area contributed by atoms with Crippen molar-refractivity contribution in [2.75, 3.05) is 5.32 Å². The quantitative estimate of drug-likeness (QED) is 0.347.